The van der Waals surface area contributed by atoms with Crippen LogP contribution in [0.2, 0.25) is 0 Å². The molecule has 4 aliphatic rings. The van der Waals surface area contributed by atoms with Crippen LogP contribution in [0.4, 0.5) is 0 Å². The average Bonchev–Trinajstić information content (AvgIpc) is 3.26. The van der Waals surface area contributed by atoms with E-state index in [-0.39, 0.29) is 11.7 Å². The number of hydrogen-bond donors (Lipinski definition) is 6. The lowest BCUT2D eigenvalue weighted by Crippen LogP contribution is -2.62. The molecule has 2 saturated heterocycles. The second-order valence-corrected chi connectivity index (χ2v) is 10.7. The first-order chi connectivity index (χ1) is 19.2. The summed E-state index contributed by atoms with van der Waals surface area (Å²) in [5.41, 5.74) is -0.756. The number of hydrogen-bond acceptors (Lipinski definition) is 13. The minimum absolute atomic E-state index is 0.0300. The Morgan fingerprint density at radius 2 is 1.77 bits per heavy atom. The third-order valence-corrected chi connectivity index (χ3v) is 8.13. The number of methoxy groups -OCH3 is 1. The van der Waals surface area contributed by atoms with Gasteiger partial charge in [0.05, 0.1) is 50.8 Å². The predicted octanol–water partition coefficient (Wildman–Crippen LogP) is -1.55. The standard InChI is InChI=1S/C27H36O13/c1-35-14-4-2-13(3-5-14)17-10-36-18-8-15(6-7-16(18)20(17)30)38-25-23(22(32)21(31)19(9-28)39-25)40-26-24(33)27(34,11-29)12-37-26/h2-5,10,15-16,18-19,21-26,28-29,31-34H,6-9,11-12H2,1H3/t15?,16?,18?,19?,21?,22?,23?,24-,25?,26+,27+/m0/s1. The molecule has 222 valence electrons. The molecule has 3 heterocycles. The van der Waals surface area contributed by atoms with Crippen molar-refractivity contribution in [3.63, 3.8) is 0 Å². The first-order valence-corrected chi connectivity index (χ1v) is 13.3. The zero-order valence-corrected chi connectivity index (χ0v) is 21.9. The van der Waals surface area contributed by atoms with Crippen molar-refractivity contribution in [2.45, 2.75) is 80.2 Å². The van der Waals surface area contributed by atoms with Gasteiger partial charge in [-0.05, 0) is 30.5 Å². The van der Waals surface area contributed by atoms with Crippen LogP contribution < -0.4 is 4.74 Å². The number of aliphatic hydroxyl groups excluding tert-OH is 5. The highest BCUT2D eigenvalue weighted by molar-refractivity contribution is 6.22. The Bertz CT molecular complexity index is 1060. The van der Waals surface area contributed by atoms with Crippen LogP contribution in [0.15, 0.2) is 30.5 Å². The molecular weight excluding hydrogens is 532 g/mol. The van der Waals surface area contributed by atoms with E-state index in [1.807, 2.05) is 0 Å². The molecule has 3 aliphatic heterocycles. The van der Waals surface area contributed by atoms with E-state index < -0.39 is 80.7 Å². The Hall–Kier alpha value is -2.17. The topological polar surface area (TPSA) is 194 Å². The van der Waals surface area contributed by atoms with Gasteiger partial charge >= 0.3 is 0 Å². The molecule has 1 aromatic rings. The monoisotopic (exact) mass is 568 g/mol. The molecule has 40 heavy (non-hydrogen) atoms. The molecule has 0 spiro atoms. The average molecular weight is 569 g/mol. The van der Waals surface area contributed by atoms with Gasteiger partial charge in [0.1, 0.15) is 48.0 Å². The minimum Gasteiger partial charge on any atom is -0.497 e. The van der Waals surface area contributed by atoms with E-state index in [0.717, 1.165) is 5.56 Å². The Kier molecular flexibility index (Phi) is 8.78. The van der Waals surface area contributed by atoms with Gasteiger partial charge < -0.3 is 59.1 Å². The van der Waals surface area contributed by atoms with Crippen molar-refractivity contribution in [3.05, 3.63) is 36.1 Å². The molecule has 8 unspecified atom stereocenters. The van der Waals surface area contributed by atoms with E-state index in [4.69, 9.17) is 28.4 Å². The summed E-state index contributed by atoms with van der Waals surface area (Å²) in [6.45, 7) is -1.82. The molecule has 3 fully saturated rings. The van der Waals surface area contributed by atoms with Gasteiger partial charge in [-0.2, -0.15) is 0 Å². The van der Waals surface area contributed by atoms with Crippen LogP contribution in [0.5, 0.6) is 5.75 Å². The maximum atomic E-state index is 13.3. The van der Waals surface area contributed by atoms with Crippen molar-refractivity contribution >= 4 is 11.4 Å². The van der Waals surface area contributed by atoms with Gasteiger partial charge in [0.25, 0.3) is 0 Å². The third-order valence-electron chi connectivity index (χ3n) is 8.13. The predicted molar refractivity (Wildman–Crippen MR) is 133 cm³/mol. The number of carbonyl (C=O) groups is 1. The van der Waals surface area contributed by atoms with E-state index in [9.17, 15) is 35.4 Å². The molecule has 0 aromatic heterocycles. The highest BCUT2D eigenvalue weighted by atomic mass is 16.8. The molecule has 13 heteroatoms. The summed E-state index contributed by atoms with van der Waals surface area (Å²) in [4.78, 5) is 13.3. The van der Waals surface area contributed by atoms with Gasteiger partial charge in [-0.25, -0.2) is 0 Å². The fourth-order valence-corrected chi connectivity index (χ4v) is 5.62. The summed E-state index contributed by atoms with van der Waals surface area (Å²) in [6.07, 6.45) is -8.38. The van der Waals surface area contributed by atoms with Crippen molar-refractivity contribution < 1.29 is 63.9 Å². The first kappa shape index (κ1) is 29.3. The number of carbonyl (C=O) groups excluding carboxylic acids is 1. The van der Waals surface area contributed by atoms with Crippen molar-refractivity contribution in [3.8, 4) is 5.75 Å². The molecule has 13 nitrogen and oxygen atoms in total. The van der Waals surface area contributed by atoms with Gasteiger partial charge in [-0.3, -0.25) is 4.79 Å². The number of aliphatic hydroxyl groups is 6. The van der Waals surface area contributed by atoms with Gasteiger partial charge in [0, 0.05) is 6.42 Å². The SMILES string of the molecule is COc1ccc(C2=COC3CC(OC4OC(CO)C(O)C(O)C4O[C@H]4OC[C@](O)(CO)[C@H]4O)CCC3C2=O)cc1. The number of allylic oxidation sites excluding steroid dienone is 1. The Balaban J connectivity index is 1.27. The molecular formula is C27H36O13. The Morgan fingerprint density at radius 3 is 2.42 bits per heavy atom. The summed E-state index contributed by atoms with van der Waals surface area (Å²) in [5, 5.41) is 60.9. The van der Waals surface area contributed by atoms with Crippen LogP contribution in [0.25, 0.3) is 5.57 Å². The number of ether oxygens (including phenoxy) is 6. The molecule has 11 atom stereocenters. The highest BCUT2D eigenvalue weighted by Crippen LogP contribution is 2.39. The van der Waals surface area contributed by atoms with E-state index >= 15 is 0 Å². The molecule has 0 bridgehead atoms. The highest BCUT2D eigenvalue weighted by Gasteiger charge is 2.54. The number of ketones is 1. The van der Waals surface area contributed by atoms with Crippen LogP contribution in [0, 0.1) is 5.92 Å². The minimum atomic E-state index is -1.96. The summed E-state index contributed by atoms with van der Waals surface area (Å²) < 4.78 is 34.0. The molecule has 1 aliphatic carbocycles. The van der Waals surface area contributed by atoms with E-state index in [1.54, 1.807) is 31.4 Å². The fraction of sp³-hybridized carbons (Fsp3) is 0.667. The Labute approximate surface area is 230 Å². The summed E-state index contributed by atoms with van der Waals surface area (Å²) in [7, 11) is 1.57. The van der Waals surface area contributed by atoms with Crippen LogP contribution in [-0.4, -0.2) is 124 Å². The number of benzene rings is 1. The van der Waals surface area contributed by atoms with Crippen molar-refractivity contribution in [2.24, 2.45) is 5.92 Å². The summed E-state index contributed by atoms with van der Waals surface area (Å²) in [5.74, 6) is 0.269. The lowest BCUT2D eigenvalue weighted by Gasteiger charge is -2.45. The first-order valence-electron chi connectivity index (χ1n) is 13.3. The number of rotatable bonds is 8. The van der Waals surface area contributed by atoms with Crippen molar-refractivity contribution in [1.29, 1.82) is 0 Å². The molecule has 6 N–H and O–H groups in total. The van der Waals surface area contributed by atoms with E-state index in [2.05, 4.69) is 0 Å². The van der Waals surface area contributed by atoms with Crippen molar-refractivity contribution in [2.75, 3.05) is 26.9 Å². The zero-order valence-electron chi connectivity index (χ0n) is 21.9. The van der Waals surface area contributed by atoms with Gasteiger partial charge in [0.2, 0.25) is 0 Å². The smallest absolute Gasteiger partial charge is 0.187 e. The third kappa shape index (κ3) is 5.51. The summed E-state index contributed by atoms with van der Waals surface area (Å²) in [6, 6.07) is 7.14. The van der Waals surface area contributed by atoms with Crippen LogP contribution in [0.1, 0.15) is 24.8 Å². The lowest BCUT2D eigenvalue weighted by molar-refractivity contribution is -0.345. The molecule has 5 rings (SSSR count). The summed E-state index contributed by atoms with van der Waals surface area (Å²) >= 11 is 0. The van der Waals surface area contributed by atoms with Gasteiger partial charge in [-0.15, -0.1) is 0 Å². The molecule has 0 radical (unpaired) electrons. The second kappa shape index (κ2) is 12.0. The fourth-order valence-electron chi connectivity index (χ4n) is 5.62. The number of Topliss-reactive ketones (excluding diaryl/α,β-unsaturated/α-hetero) is 1. The van der Waals surface area contributed by atoms with Crippen LogP contribution >= 0.6 is 0 Å². The zero-order chi connectivity index (χ0) is 28.6. The number of fused-ring (bicyclic) bond motifs is 1. The second-order valence-electron chi connectivity index (χ2n) is 10.7. The van der Waals surface area contributed by atoms with Crippen LogP contribution in [0.3, 0.4) is 0 Å². The van der Waals surface area contributed by atoms with Gasteiger partial charge in [-0.1, -0.05) is 12.1 Å². The lowest BCUT2D eigenvalue weighted by atomic mass is 9.78. The molecule has 1 saturated carbocycles. The maximum absolute atomic E-state index is 13.3. The van der Waals surface area contributed by atoms with Crippen molar-refractivity contribution in [1.82, 2.24) is 0 Å². The Morgan fingerprint density at radius 1 is 1.02 bits per heavy atom. The van der Waals surface area contributed by atoms with Gasteiger partial charge in [0.15, 0.2) is 18.4 Å². The van der Waals surface area contributed by atoms with E-state index in [0.29, 0.717) is 30.6 Å². The maximum Gasteiger partial charge on any atom is 0.187 e. The largest absolute Gasteiger partial charge is 0.497 e. The normalized spacial score (nSPS) is 41.7. The van der Waals surface area contributed by atoms with Crippen LogP contribution in [-0.2, 0) is 28.5 Å². The van der Waals surface area contributed by atoms with E-state index in [1.165, 1.54) is 6.26 Å². The quantitative estimate of drug-likeness (QED) is 0.211. The molecule has 1 aromatic carbocycles. The molecule has 0 amide bonds.